The van der Waals surface area contributed by atoms with Crippen LogP contribution in [-0.2, 0) is 6.42 Å². The first-order valence-electron chi connectivity index (χ1n) is 5.91. The van der Waals surface area contributed by atoms with E-state index in [1.165, 1.54) is 24.3 Å². The van der Waals surface area contributed by atoms with Crippen LogP contribution in [0.5, 0.6) is 5.75 Å². The Hall–Kier alpha value is -2.55. The molecule has 0 fully saturated rings. The monoisotopic (exact) mass is 295 g/mol. The zero-order chi connectivity index (χ0) is 15.5. The van der Waals surface area contributed by atoms with Crippen LogP contribution in [0.3, 0.4) is 0 Å². The van der Waals surface area contributed by atoms with Crippen LogP contribution < -0.4 is 4.74 Å². The van der Waals surface area contributed by atoms with Crippen molar-refractivity contribution in [1.82, 2.24) is 0 Å². The molecule has 0 amide bonds. The van der Waals surface area contributed by atoms with Gasteiger partial charge in [0.05, 0.1) is 12.5 Å². The molecule has 0 atom stereocenters. The van der Waals surface area contributed by atoms with Crippen LogP contribution >= 0.6 is 0 Å². The van der Waals surface area contributed by atoms with Crippen molar-refractivity contribution < 1.29 is 22.3 Å². The van der Waals surface area contributed by atoms with Crippen LogP contribution in [0, 0.1) is 17.1 Å². The van der Waals surface area contributed by atoms with E-state index in [0.29, 0.717) is 5.56 Å². The van der Waals surface area contributed by atoms with Crippen LogP contribution in [0.25, 0.3) is 11.1 Å². The van der Waals surface area contributed by atoms with E-state index in [1.54, 1.807) is 0 Å². The minimum absolute atomic E-state index is 0.0457. The van der Waals surface area contributed by atoms with Crippen molar-refractivity contribution in [3.05, 3.63) is 53.8 Å². The van der Waals surface area contributed by atoms with Gasteiger partial charge in [-0.25, -0.2) is 4.39 Å². The third kappa shape index (κ3) is 3.72. The van der Waals surface area contributed by atoms with Crippen LogP contribution in [-0.4, -0.2) is 6.36 Å². The van der Waals surface area contributed by atoms with E-state index in [1.807, 2.05) is 6.07 Å². The maximum Gasteiger partial charge on any atom is 0.573 e. The molecule has 2 nitrogen and oxygen atoms in total. The van der Waals surface area contributed by atoms with Gasteiger partial charge >= 0.3 is 6.36 Å². The van der Waals surface area contributed by atoms with Gasteiger partial charge in [0.15, 0.2) is 0 Å². The lowest BCUT2D eigenvalue weighted by Crippen LogP contribution is -2.17. The molecule has 21 heavy (non-hydrogen) atoms. The molecule has 0 saturated heterocycles. The zero-order valence-electron chi connectivity index (χ0n) is 10.6. The molecular formula is C15H9F4NO. The molecule has 0 radical (unpaired) electrons. The smallest absolute Gasteiger partial charge is 0.405 e. The number of ether oxygens (including phenoxy) is 1. The summed E-state index contributed by atoms with van der Waals surface area (Å²) >= 11 is 0. The summed E-state index contributed by atoms with van der Waals surface area (Å²) in [5.74, 6) is -1.04. The molecule has 108 valence electrons. The minimum Gasteiger partial charge on any atom is -0.405 e. The SMILES string of the molecule is N#CCc1ccc(F)cc1-c1ccccc1OC(F)(F)F. The number of alkyl halides is 3. The Balaban J connectivity index is 2.57. The molecule has 0 heterocycles. The summed E-state index contributed by atoms with van der Waals surface area (Å²) in [6.45, 7) is 0. The van der Waals surface area contributed by atoms with Crippen molar-refractivity contribution in [2.75, 3.05) is 0 Å². The summed E-state index contributed by atoms with van der Waals surface area (Å²) in [4.78, 5) is 0. The molecule has 0 saturated carbocycles. The molecule has 2 rings (SSSR count). The largest absolute Gasteiger partial charge is 0.573 e. The minimum atomic E-state index is -4.85. The highest BCUT2D eigenvalue weighted by molar-refractivity contribution is 5.73. The molecule has 0 spiro atoms. The number of halogens is 4. The quantitative estimate of drug-likeness (QED) is 0.783. The first-order valence-corrected chi connectivity index (χ1v) is 5.91. The van der Waals surface area contributed by atoms with Crippen LogP contribution in [0.4, 0.5) is 17.6 Å². The van der Waals surface area contributed by atoms with Gasteiger partial charge in [0.25, 0.3) is 0 Å². The Morgan fingerprint density at radius 3 is 2.43 bits per heavy atom. The van der Waals surface area contributed by atoms with Crippen molar-refractivity contribution in [2.24, 2.45) is 0 Å². The molecule has 0 aliphatic carbocycles. The second-order valence-electron chi connectivity index (χ2n) is 4.18. The fourth-order valence-corrected chi connectivity index (χ4v) is 1.94. The first kappa shape index (κ1) is 14.9. The Kier molecular flexibility index (Phi) is 4.13. The normalized spacial score (nSPS) is 11.0. The number of hydrogen-bond acceptors (Lipinski definition) is 2. The van der Waals surface area contributed by atoms with Gasteiger partial charge in [-0.05, 0) is 29.3 Å². The average molecular weight is 295 g/mol. The van der Waals surface area contributed by atoms with Gasteiger partial charge in [-0.2, -0.15) is 5.26 Å². The van der Waals surface area contributed by atoms with E-state index in [2.05, 4.69) is 4.74 Å². The maximum absolute atomic E-state index is 13.4. The molecular weight excluding hydrogens is 286 g/mol. The Morgan fingerprint density at radius 2 is 1.76 bits per heavy atom. The van der Waals surface area contributed by atoms with E-state index in [4.69, 9.17) is 5.26 Å². The molecule has 0 aliphatic rings. The molecule has 0 N–H and O–H groups in total. The van der Waals surface area contributed by atoms with Crippen molar-refractivity contribution in [3.63, 3.8) is 0 Å². The summed E-state index contributed by atoms with van der Waals surface area (Å²) in [6, 6.07) is 10.9. The maximum atomic E-state index is 13.4. The number of para-hydroxylation sites is 1. The molecule has 2 aromatic carbocycles. The zero-order valence-corrected chi connectivity index (χ0v) is 10.6. The number of nitriles is 1. The highest BCUT2D eigenvalue weighted by atomic mass is 19.4. The van der Waals surface area contributed by atoms with E-state index < -0.39 is 17.9 Å². The number of benzene rings is 2. The lowest BCUT2D eigenvalue weighted by molar-refractivity contribution is -0.274. The Labute approximate surface area is 118 Å². The number of hydrogen-bond donors (Lipinski definition) is 0. The molecule has 2 aromatic rings. The predicted octanol–water partition coefficient (Wildman–Crippen LogP) is 4.46. The molecule has 6 heteroatoms. The van der Waals surface area contributed by atoms with E-state index >= 15 is 0 Å². The summed E-state index contributed by atoms with van der Waals surface area (Å²) < 4.78 is 54.6. The first-order chi connectivity index (χ1) is 9.90. The van der Waals surface area contributed by atoms with Gasteiger partial charge < -0.3 is 4.74 Å². The van der Waals surface area contributed by atoms with Gasteiger partial charge in [-0.15, -0.1) is 13.2 Å². The lowest BCUT2D eigenvalue weighted by Gasteiger charge is -2.15. The second-order valence-corrected chi connectivity index (χ2v) is 4.18. The third-order valence-corrected chi connectivity index (χ3v) is 2.74. The summed E-state index contributed by atoms with van der Waals surface area (Å²) in [5.41, 5.74) is 0.716. The summed E-state index contributed by atoms with van der Waals surface area (Å²) in [7, 11) is 0. The standard InChI is InChI=1S/C15H9F4NO/c16-11-6-5-10(7-8-20)13(9-11)12-3-1-2-4-14(12)21-15(17,18)19/h1-6,9H,7H2. The van der Waals surface area contributed by atoms with Crippen molar-refractivity contribution in [2.45, 2.75) is 12.8 Å². The summed E-state index contributed by atoms with van der Waals surface area (Å²) in [5, 5.41) is 8.76. The van der Waals surface area contributed by atoms with E-state index in [-0.39, 0.29) is 17.5 Å². The predicted molar refractivity (Wildman–Crippen MR) is 67.8 cm³/mol. The molecule has 0 aromatic heterocycles. The van der Waals surface area contributed by atoms with Gasteiger partial charge in [-0.3, -0.25) is 0 Å². The average Bonchev–Trinajstić information content (AvgIpc) is 2.40. The fraction of sp³-hybridized carbons (Fsp3) is 0.133. The van der Waals surface area contributed by atoms with Gasteiger partial charge in [0, 0.05) is 5.56 Å². The Morgan fingerprint density at radius 1 is 1.05 bits per heavy atom. The third-order valence-electron chi connectivity index (χ3n) is 2.74. The van der Waals surface area contributed by atoms with E-state index in [9.17, 15) is 17.6 Å². The fourth-order valence-electron chi connectivity index (χ4n) is 1.94. The van der Waals surface area contributed by atoms with Gasteiger partial charge in [0.2, 0.25) is 0 Å². The molecule has 0 unspecified atom stereocenters. The van der Waals surface area contributed by atoms with Crippen molar-refractivity contribution in [1.29, 1.82) is 5.26 Å². The van der Waals surface area contributed by atoms with E-state index in [0.717, 1.165) is 18.2 Å². The van der Waals surface area contributed by atoms with Gasteiger partial charge in [-0.1, -0.05) is 24.3 Å². The van der Waals surface area contributed by atoms with Crippen molar-refractivity contribution >= 4 is 0 Å². The second kappa shape index (κ2) is 5.83. The molecule has 0 aliphatic heterocycles. The topological polar surface area (TPSA) is 33.0 Å². The summed E-state index contributed by atoms with van der Waals surface area (Å²) in [6.07, 6.45) is -4.89. The van der Waals surface area contributed by atoms with Crippen LogP contribution in [0.2, 0.25) is 0 Å². The molecule has 0 bridgehead atoms. The highest BCUT2D eigenvalue weighted by Crippen LogP contribution is 2.35. The number of rotatable bonds is 3. The van der Waals surface area contributed by atoms with Crippen molar-refractivity contribution in [3.8, 4) is 22.9 Å². The van der Waals surface area contributed by atoms with Gasteiger partial charge in [0.1, 0.15) is 11.6 Å². The Bertz CT molecular complexity index is 689. The number of nitrogens with zero attached hydrogens (tertiary/aromatic N) is 1. The highest BCUT2D eigenvalue weighted by Gasteiger charge is 2.32. The lowest BCUT2D eigenvalue weighted by atomic mass is 9.97. The van der Waals surface area contributed by atoms with Crippen LogP contribution in [0.1, 0.15) is 5.56 Å². The van der Waals surface area contributed by atoms with Crippen LogP contribution in [0.15, 0.2) is 42.5 Å².